The van der Waals surface area contributed by atoms with Crippen molar-refractivity contribution < 1.29 is 9.90 Å². The number of benzene rings is 1. The van der Waals surface area contributed by atoms with Crippen molar-refractivity contribution in [3.05, 3.63) is 28.8 Å². The number of aromatic hydroxyl groups is 1. The Morgan fingerprint density at radius 2 is 1.62 bits per heavy atom. The summed E-state index contributed by atoms with van der Waals surface area (Å²) in [6, 6.07) is 3.83. The second kappa shape index (κ2) is 13.4. The Labute approximate surface area is 129 Å². The number of hydrogen-bond acceptors (Lipinski definition) is 3. The van der Waals surface area contributed by atoms with Crippen molar-refractivity contribution in [3.63, 3.8) is 0 Å². The number of phenolic OH excluding ortho intramolecular Hbond substituents is 1. The van der Waals surface area contributed by atoms with Crippen LogP contribution in [0.25, 0.3) is 0 Å². The molecule has 0 radical (unpaired) electrons. The molecular weight excluding hydrogens is 264 g/mol. The van der Waals surface area contributed by atoms with Crippen LogP contribution in [0.2, 0.25) is 0 Å². The van der Waals surface area contributed by atoms with Gasteiger partial charge < -0.3 is 16.2 Å². The highest BCUT2D eigenvalue weighted by Gasteiger charge is 2.05. The third kappa shape index (κ3) is 9.08. The Balaban J connectivity index is 0. The molecule has 4 N–H and O–H groups in total. The molecule has 1 rings (SSSR count). The lowest BCUT2D eigenvalue weighted by Crippen LogP contribution is -2.29. The molecule has 0 aromatic heterocycles. The van der Waals surface area contributed by atoms with Crippen LogP contribution >= 0.6 is 0 Å². The Morgan fingerprint density at radius 1 is 1.14 bits per heavy atom. The van der Waals surface area contributed by atoms with Crippen LogP contribution in [0.15, 0.2) is 12.1 Å². The number of nitrogens with two attached hydrogens (primary N) is 1. The van der Waals surface area contributed by atoms with Crippen LogP contribution in [0, 0.1) is 13.8 Å². The van der Waals surface area contributed by atoms with E-state index in [0.717, 1.165) is 16.7 Å². The summed E-state index contributed by atoms with van der Waals surface area (Å²) in [5.41, 5.74) is 8.07. The molecule has 0 atom stereocenters. The van der Waals surface area contributed by atoms with Crippen molar-refractivity contribution in [3.8, 4) is 5.75 Å². The molecule has 0 bridgehead atoms. The van der Waals surface area contributed by atoms with Gasteiger partial charge in [0.05, 0.1) is 0 Å². The van der Waals surface area contributed by atoms with Gasteiger partial charge in [-0.2, -0.15) is 0 Å². The number of rotatable bonds is 5. The molecule has 0 aliphatic heterocycles. The molecule has 0 saturated carbocycles. The zero-order chi connectivity index (χ0) is 16.8. The highest BCUT2D eigenvalue weighted by atomic mass is 16.3. The van der Waals surface area contributed by atoms with Crippen LogP contribution in [0.4, 0.5) is 0 Å². The Morgan fingerprint density at radius 3 is 2.05 bits per heavy atom. The summed E-state index contributed by atoms with van der Waals surface area (Å²) in [6.45, 7) is 12.7. The van der Waals surface area contributed by atoms with Gasteiger partial charge in [-0.3, -0.25) is 4.79 Å². The van der Waals surface area contributed by atoms with Gasteiger partial charge in [0.25, 0.3) is 0 Å². The first-order valence-corrected chi connectivity index (χ1v) is 7.80. The highest BCUT2D eigenvalue weighted by Crippen LogP contribution is 2.23. The van der Waals surface area contributed by atoms with E-state index in [1.165, 1.54) is 0 Å². The second-order valence-corrected chi connectivity index (χ2v) is 4.22. The fourth-order valence-electron chi connectivity index (χ4n) is 1.75. The van der Waals surface area contributed by atoms with Crippen LogP contribution in [0.3, 0.4) is 0 Å². The van der Waals surface area contributed by atoms with E-state index in [-0.39, 0.29) is 5.91 Å². The monoisotopic (exact) mass is 296 g/mol. The molecule has 4 heteroatoms. The first-order chi connectivity index (χ1) is 10.0. The summed E-state index contributed by atoms with van der Waals surface area (Å²) >= 11 is 0. The summed E-state index contributed by atoms with van der Waals surface area (Å²) < 4.78 is 0. The molecule has 0 spiro atoms. The smallest absolute Gasteiger partial charge is 0.220 e. The molecule has 21 heavy (non-hydrogen) atoms. The van der Waals surface area contributed by atoms with E-state index in [4.69, 9.17) is 5.73 Å². The standard InChI is InChI=1S/C13H20N2O2.2C2H6/c1-9-7-11(8-10(2)13(9)17)3-4-12(16)15-6-5-14;2*1-2/h7-8,17H,3-6,14H2,1-2H3,(H,15,16);2*1-2H3. The summed E-state index contributed by atoms with van der Waals surface area (Å²) in [4.78, 5) is 11.4. The maximum absolute atomic E-state index is 11.4. The number of nitrogens with one attached hydrogen (secondary N) is 1. The number of aryl methyl sites for hydroxylation is 3. The van der Waals surface area contributed by atoms with Gasteiger partial charge in [0.15, 0.2) is 0 Å². The van der Waals surface area contributed by atoms with Gasteiger partial charge in [-0.05, 0) is 37.0 Å². The third-order valence-electron chi connectivity index (χ3n) is 2.66. The van der Waals surface area contributed by atoms with Gasteiger partial charge in [-0.1, -0.05) is 39.8 Å². The van der Waals surface area contributed by atoms with E-state index in [2.05, 4.69) is 5.32 Å². The summed E-state index contributed by atoms with van der Waals surface area (Å²) in [5.74, 6) is 0.347. The largest absolute Gasteiger partial charge is 0.507 e. The molecule has 122 valence electrons. The lowest BCUT2D eigenvalue weighted by molar-refractivity contribution is -0.120. The Bertz CT molecular complexity index is 381. The summed E-state index contributed by atoms with van der Waals surface area (Å²) in [5, 5.41) is 12.4. The van der Waals surface area contributed by atoms with E-state index < -0.39 is 0 Å². The van der Waals surface area contributed by atoms with Crippen LogP contribution in [0.1, 0.15) is 50.8 Å². The zero-order valence-corrected chi connectivity index (χ0v) is 14.4. The van der Waals surface area contributed by atoms with Gasteiger partial charge in [-0.25, -0.2) is 0 Å². The normalized spacial score (nSPS) is 8.90. The van der Waals surface area contributed by atoms with Crippen LogP contribution in [0.5, 0.6) is 5.75 Å². The molecule has 0 aliphatic rings. The molecule has 0 unspecified atom stereocenters. The fraction of sp³-hybridized carbons (Fsp3) is 0.588. The summed E-state index contributed by atoms with van der Waals surface area (Å²) in [6.07, 6.45) is 1.13. The number of hydrogen-bond donors (Lipinski definition) is 3. The predicted octanol–water partition coefficient (Wildman–Crippen LogP) is 3.07. The zero-order valence-electron chi connectivity index (χ0n) is 14.4. The average molecular weight is 296 g/mol. The molecular formula is C17H32N2O2. The Kier molecular flexibility index (Phi) is 13.9. The van der Waals surface area contributed by atoms with Gasteiger partial charge in [0.1, 0.15) is 5.75 Å². The average Bonchev–Trinajstić information content (AvgIpc) is 2.52. The van der Waals surface area contributed by atoms with Crippen molar-refractivity contribution in [2.75, 3.05) is 13.1 Å². The number of amides is 1. The van der Waals surface area contributed by atoms with E-state index in [1.54, 1.807) is 0 Å². The van der Waals surface area contributed by atoms with Gasteiger partial charge in [-0.15, -0.1) is 0 Å². The molecule has 1 aromatic carbocycles. The maximum Gasteiger partial charge on any atom is 0.220 e. The first-order valence-electron chi connectivity index (χ1n) is 7.80. The lowest BCUT2D eigenvalue weighted by atomic mass is 10.0. The molecule has 0 heterocycles. The van der Waals surface area contributed by atoms with Gasteiger partial charge in [0, 0.05) is 19.5 Å². The predicted molar refractivity (Wildman–Crippen MR) is 90.7 cm³/mol. The van der Waals surface area contributed by atoms with Gasteiger partial charge in [0.2, 0.25) is 5.91 Å². The van der Waals surface area contributed by atoms with E-state index in [1.807, 2.05) is 53.7 Å². The van der Waals surface area contributed by atoms with Crippen LogP contribution in [-0.4, -0.2) is 24.1 Å². The lowest BCUT2D eigenvalue weighted by Gasteiger charge is -2.08. The highest BCUT2D eigenvalue weighted by molar-refractivity contribution is 5.76. The fourth-order valence-corrected chi connectivity index (χ4v) is 1.75. The molecule has 1 aromatic rings. The van der Waals surface area contributed by atoms with E-state index in [9.17, 15) is 9.90 Å². The molecule has 0 fully saturated rings. The third-order valence-corrected chi connectivity index (χ3v) is 2.66. The van der Waals surface area contributed by atoms with Crippen molar-refractivity contribution in [1.29, 1.82) is 0 Å². The first kappa shape index (κ1) is 21.7. The topological polar surface area (TPSA) is 75.4 Å². The number of carbonyl (C=O) groups excluding carboxylic acids is 1. The van der Waals surface area contributed by atoms with Crippen molar-refractivity contribution in [1.82, 2.24) is 5.32 Å². The number of phenols is 1. The minimum Gasteiger partial charge on any atom is -0.507 e. The molecule has 1 amide bonds. The SMILES string of the molecule is CC.CC.Cc1cc(CCC(=O)NCCN)cc(C)c1O. The molecule has 0 saturated heterocycles. The minimum atomic E-state index is 0.0128. The molecule has 0 aliphatic carbocycles. The quantitative estimate of drug-likeness (QED) is 0.781. The van der Waals surface area contributed by atoms with Crippen LogP contribution < -0.4 is 11.1 Å². The summed E-state index contributed by atoms with van der Waals surface area (Å²) in [7, 11) is 0. The second-order valence-electron chi connectivity index (χ2n) is 4.22. The number of carbonyl (C=O) groups is 1. The van der Waals surface area contributed by atoms with Crippen LogP contribution in [-0.2, 0) is 11.2 Å². The molecule has 4 nitrogen and oxygen atoms in total. The minimum absolute atomic E-state index is 0.0128. The van der Waals surface area contributed by atoms with Gasteiger partial charge >= 0.3 is 0 Å². The maximum atomic E-state index is 11.4. The van der Waals surface area contributed by atoms with E-state index in [0.29, 0.717) is 31.7 Å². The van der Waals surface area contributed by atoms with Crippen molar-refractivity contribution in [2.24, 2.45) is 5.73 Å². The van der Waals surface area contributed by atoms with E-state index >= 15 is 0 Å². The van der Waals surface area contributed by atoms with Crippen molar-refractivity contribution in [2.45, 2.75) is 54.4 Å². The van der Waals surface area contributed by atoms with Crippen molar-refractivity contribution >= 4 is 5.91 Å². The Hall–Kier alpha value is -1.55.